The number of benzene rings is 2. The SMILES string of the molecule is CCc1ccccc1NC(=O)CN(C)C(=O)c1csc(-c2ccc(OC)cc2)n1. The first kappa shape index (κ1) is 20.5. The molecule has 3 aromatic rings. The average Bonchev–Trinajstić information content (AvgIpc) is 3.23. The van der Waals surface area contributed by atoms with Crippen LogP contribution in [0.3, 0.4) is 0 Å². The van der Waals surface area contributed by atoms with Crippen LogP contribution in [0.2, 0.25) is 0 Å². The number of hydrogen-bond acceptors (Lipinski definition) is 5. The molecule has 1 N–H and O–H groups in total. The van der Waals surface area contributed by atoms with Crippen LogP contribution in [-0.2, 0) is 11.2 Å². The van der Waals surface area contributed by atoms with Crippen LogP contribution in [0.25, 0.3) is 10.6 Å². The van der Waals surface area contributed by atoms with Crippen molar-refractivity contribution in [2.45, 2.75) is 13.3 Å². The smallest absolute Gasteiger partial charge is 0.273 e. The maximum absolute atomic E-state index is 12.7. The van der Waals surface area contributed by atoms with Gasteiger partial charge in [0.05, 0.1) is 13.7 Å². The van der Waals surface area contributed by atoms with Crippen molar-refractivity contribution in [2.24, 2.45) is 0 Å². The Morgan fingerprint density at radius 2 is 1.86 bits per heavy atom. The highest BCUT2D eigenvalue weighted by atomic mass is 32.1. The van der Waals surface area contributed by atoms with Crippen molar-refractivity contribution in [3.8, 4) is 16.3 Å². The second-order valence-electron chi connectivity index (χ2n) is 6.49. The van der Waals surface area contributed by atoms with Gasteiger partial charge in [-0.2, -0.15) is 0 Å². The van der Waals surface area contributed by atoms with Crippen molar-refractivity contribution >= 4 is 28.8 Å². The molecule has 0 aliphatic heterocycles. The maximum atomic E-state index is 12.7. The second kappa shape index (κ2) is 9.34. The third kappa shape index (κ3) is 5.00. The second-order valence-corrected chi connectivity index (χ2v) is 7.34. The highest BCUT2D eigenvalue weighted by molar-refractivity contribution is 7.13. The lowest BCUT2D eigenvalue weighted by Gasteiger charge is -2.16. The first-order valence-corrected chi connectivity index (χ1v) is 10.1. The normalized spacial score (nSPS) is 10.4. The molecule has 1 aromatic heterocycles. The van der Waals surface area contributed by atoms with Gasteiger partial charge in [0, 0.05) is 23.7 Å². The number of thiazole rings is 1. The van der Waals surface area contributed by atoms with Crippen molar-refractivity contribution in [3.63, 3.8) is 0 Å². The Kier molecular flexibility index (Phi) is 6.61. The Bertz CT molecular complexity index is 999. The predicted octanol–water partition coefficient (Wildman–Crippen LogP) is 4.09. The summed E-state index contributed by atoms with van der Waals surface area (Å²) >= 11 is 1.39. The molecule has 0 saturated heterocycles. The van der Waals surface area contributed by atoms with Gasteiger partial charge in [0.15, 0.2) is 0 Å². The molecule has 29 heavy (non-hydrogen) atoms. The van der Waals surface area contributed by atoms with E-state index in [4.69, 9.17) is 4.74 Å². The number of aromatic nitrogens is 1. The van der Waals surface area contributed by atoms with Gasteiger partial charge in [-0.15, -0.1) is 11.3 Å². The van der Waals surface area contributed by atoms with Crippen LogP contribution in [0.1, 0.15) is 23.0 Å². The fraction of sp³-hybridized carbons (Fsp3) is 0.227. The van der Waals surface area contributed by atoms with E-state index in [0.717, 1.165) is 34.0 Å². The van der Waals surface area contributed by atoms with Gasteiger partial charge in [-0.3, -0.25) is 9.59 Å². The van der Waals surface area contributed by atoms with Crippen LogP contribution in [-0.4, -0.2) is 42.4 Å². The Morgan fingerprint density at radius 1 is 1.14 bits per heavy atom. The zero-order valence-corrected chi connectivity index (χ0v) is 17.5. The summed E-state index contributed by atoms with van der Waals surface area (Å²) in [4.78, 5) is 30.9. The number of carbonyl (C=O) groups is 2. The number of para-hydroxylation sites is 1. The van der Waals surface area contributed by atoms with Crippen LogP contribution in [0.15, 0.2) is 53.9 Å². The first-order valence-electron chi connectivity index (χ1n) is 9.25. The summed E-state index contributed by atoms with van der Waals surface area (Å²) in [5, 5.41) is 5.33. The zero-order chi connectivity index (χ0) is 20.8. The molecule has 0 aliphatic carbocycles. The molecule has 0 radical (unpaired) electrons. The minimum atomic E-state index is -0.292. The Balaban J connectivity index is 1.64. The number of nitrogens with zero attached hydrogens (tertiary/aromatic N) is 2. The number of hydrogen-bond donors (Lipinski definition) is 1. The molecule has 0 aliphatic rings. The van der Waals surface area contributed by atoms with E-state index in [1.807, 2.05) is 55.5 Å². The molecule has 7 heteroatoms. The van der Waals surface area contributed by atoms with Crippen molar-refractivity contribution in [3.05, 3.63) is 65.2 Å². The minimum absolute atomic E-state index is 0.0493. The highest BCUT2D eigenvalue weighted by Gasteiger charge is 2.19. The van der Waals surface area contributed by atoms with Gasteiger partial charge in [-0.25, -0.2) is 4.98 Å². The summed E-state index contributed by atoms with van der Waals surface area (Å²) in [6.45, 7) is 1.98. The van der Waals surface area contributed by atoms with Gasteiger partial charge in [-0.1, -0.05) is 25.1 Å². The lowest BCUT2D eigenvalue weighted by atomic mass is 10.1. The standard InChI is InChI=1S/C22H23N3O3S/c1-4-15-7-5-6-8-18(15)23-20(26)13-25(2)22(27)19-14-29-21(24-19)16-9-11-17(28-3)12-10-16/h5-12,14H,4,13H2,1-3H3,(H,23,26). The fourth-order valence-electron chi connectivity index (χ4n) is 2.86. The number of aryl methyl sites for hydroxylation is 1. The van der Waals surface area contributed by atoms with E-state index in [1.54, 1.807) is 19.5 Å². The molecule has 6 nitrogen and oxygen atoms in total. The van der Waals surface area contributed by atoms with E-state index in [-0.39, 0.29) is 18.4 Å². The lowest BCUT2D eigenvalue weighted by molar-refractivity contribution is -0.116. The van der Waals surface area contributed by atoms with E-state index in [2.05, 4.69) is 10.3 Å². The molecular weight excluding hydrogens is 386 g/mol. The summed E-state index contributed by atoms with van der Waals surface area (Å²) in [6.07, 6.45) is 0.818. The summed E-state index contributed by atoms with van der Waals surface area (Å²) in [7, 11) is 3.21. The van der Waals surface area contributed by atoms with Crippen molar-refractivity contribution in [2.75, 3.05) is 26.0 Å². The third-order valence-corrected chi connectivity index (χ3v) is 5.35. The molecule has 2 aromatic carbocycles. The number of ether oxygens (including phenoxy) is 1. The monoisotopic (exact) mass is 409 g/mol. The Labute approximate surface area is 174 Å². The number of nitrogens with one attached hydrogen (secondary N) is 1. The van der Waals surface area contributed by atoms with Gasteiger partial charge >= 0.3 is 0 Å². The van der Waals surface area contributed by atoms with Crippen LogP contribution in [0.4, 0.5) is 5.69 Å². The number of rotatable bonds is 7. The predicted molar refractivity (Wildman–Crippen MR) is 116 cm³/mol. The van der Waals surface area contributed by atoms with Crippen molar-refractivity contribution in [1.82, 2.24) is 9.88 Å². The fourth-order valence-corrected chi connectivity index (χ4v) is 3.66. The van der Waals surface area contributed by atoms with Gasteiger partial charge < -0.3 is 15.0 Å². The van der Waals surface area contributed by atoms with Crippen LogP contribution < -0.4 is 10.1 Å². The van der Waals surface area contributed by atoms with Gasteiger partial charge in [0.2, 0.25) is 5.91 Å². The zero-order valence-electron chi connectivity index (χ0n) is 16.6. The molecule has 0 unspecified atom stereocenters. The lowest BCUT2D eigenvalue weighted by Crippen LogP contribution is -2.35. The molecule has 0 atom stereocenters. The molecule has 1 heterocycles. The summed E-state index contributed by atoms with van der Waals surface area (Å²) in [5.41, 5.74) is 3.06. The van der Waals surface area contributed by atoms with E-state index >= 15 is 0 Å². The minimum Gasteiger partial charge on any atom is -0.497 e. The molecule has 0 fully saturated rings. The molecule has 150 valence electrons. The number of likely N-dealkylation sites (N-methyl/N-ethyl adjacent to an activating group) is 1. The number of methoxy groups -OCH3 is 1. The Morgan fingerprint density at radius 3 is 2.55 bits per heavy atom. The van der Waals surface area contributed by atoms with Gasteiger partial charge in [0.1, 0.15) is 16.5 Å². The van der Waals surface area contributed by atoms with E-state index in [1.165, 1.54) is 16.2 Å². The third-order valence-electron chi connectivity index (χ3n) is 4.46. The van der Waals surface area contributed by atoms with E-state index < -0.39 is 0 Å². The number of anilines is 1. The average molecular weight is 410 g/mol. The van der Waals surface area contributed by atoms with E-state index in [0.29, 0.717) is 5.69 Å². The maximum Gasteiger partial charge on any atom is 0.273 e. The van der Waals surface area contributed by atoms with Gasteiger partial charge in [-0.05, 0) is 42.3 Å². The summed E-state index contributed by atoms with van der Waals surface area (Å²) < 4.78 is 5.16. The van der Waals surface area contributed by atoms with E-state index in [9.17, 15) is 9.59 Å². The quantitative estimate of drug-likeness (QED) is 0.638. The highest BCUT2D eigenvalue weighted by Crippen LogP contribution is 2.26. The molecule has 0 bridgehead atoms. The van der Waals surface area contributed by atoms with Gasteiger partial charge in [0.25, 0.3) is 5.91 Å². The number of carbonyl (C=O) groups excluding carboxylic acids is 2. The molecule has 0 saturated carbocycles. The molecule has 0 spiro atoms. The molecule has 3 rings (SSSR count). The van der Waals surface area contributed by atoms with Crippen molar-refractivity contribution < 1.29 is 14.3 Å². The van der Waals surface area contributed by atoms with Crippen LogP contribution in [0, 0.1) is 0 Å². The Hall–Kier alpha value is -3.19. The summed E-state index contributed by atoms with van der Waals surface area (Å²) in [5.74, 6) is 0.226. The molecular formula is C22H23N3O3S. The van der Waals surface area contributed by atoms with Crippen molar-refractivity contribution in [1.29, 1.82) is 0 Å². The largest absolute Gasteiger partial charge is 0.497 e. The summed E-state index contributed by atoms with van der Waals surface area (Å²) in [6, 6.07) is 15.1. The van der Waals surface area contributed by atoms with Crippen LogP contribution >= 0.6 is 11.3 Å². The van der Waals surface area contributed by atoms with Crippen LogP contribution in [0.5, 0.6) is 5.75 Å². The topological polar surface area (TPSA) is 71.5 Å². The molecule has 2 amide bonds. The number of amides is 2. The first-order chi connectivity index (χ1) is 14.0.